The predicted octanol–water partition coefficient (Wildman–Crippen LogP) is 4.44. The number of alkyl halides is 3. The second-order valence-corrected chi connectivity index (χ2v) is 6.62. The van der Waals surface area contributed by atoms with E-state index in [1.165, 1.54) is 19.2 Å². The lowest BCUT2D eigenvalue weighted by molar-refractivity contribution is -0.153. The van der Waals surface area contributed by atoms with E-state index >= 15 is 0 Å². The van der Waals surface area contributed by atoms with Gasteiger partial charge in [0, 0.05) is 11.6 Å². The van der Waals surface area contributed by atoms with Crippen LogP contribution in [0.2, 0.25) is 5.02 Å². The second-order valence-electron chi connectivity index (χ2n) is 6.18. The van der Waals surface area contributed by atoms with E-state index in [4.69, 9.17) is 16.3 Å². The first-order chi connectivity index (χ1) is 14.6. The lowest BCUT2D eigenvalue weighted by Crippen LogP contribution is -2.27. The predicted molar refractivity (Wildman–Crippen MR) is 105 cm³/mol. The zero-order valence-corrected chi connectivity index (χ0v) is 17.0. The highest BCUT2D eigenvalue weighted by atomic mass is 35.5. The van der Waals surface area contributed by atoms with Crippen molar-refractivity contribution < 1.29 is 42.1 Å². The van der Waals surface area contributed by atoms with Crippen molar-refractivity contribution in [3.8, 4) is 5.75 Å². The molecular formula is C20H19ClF3NO6. The van der Waals surface area contributed by atoms with E-state index in [9.17, 15) is 27.9 Å². The molecule has 31 heavy (non-hydrogen) atoms. The van der Waals surface area contributed by atoms with Crippen LogP contribution in [-0.2, 0) is 9.47 Å². The Hall–Kier alpha value is -2.98. The summed E-state index contributed by atoms with van der Waals surface area (Å²) in [5.74, 6) is -1.63. The molecule has 1 unspecified atom stereocenters. The lowest BCUT2D eigenvalue weighted by Gasteiger charge is -2.22. The molecule has 0 aliphatic heterocycles. The second kappa shape index (κ2) is 10.9. The van der Waals surface area contributed by atoms with Crippen LogP contribution in [0.5, 0.6) is 5.75 Å². The standard InChI is InChI=1S/C20H19ClF3NO6/c1-29-19(28)25-7-8-30-17(12-3-2-4-13(21)9-12)15-6-5-14(10-16(15)18(26)27)31-11-20(22,23)24/h2-6,9-10,17H,7-8,11H2,1H3,(H,25,28)(H,26,27). The number of hydrogen-bond donors (Lipinski definition) is 2. The highest BCUT2D eigenvalue weighted by Gasteiger charge is 2.29. The molecule has 0 saturated heterocycles. The van der Waals surface area contributed by atoms with Crippen LogP contribution in [0.3, 0.4) is 0 Å². The van der Waals surface area contributed by atoms with Crippen molar-refractivity contribution >= 4 is 23.7 Å². The van der Waals surface area contributed by atoms with E-state index in [0.717, 1.165) is 6.07 Å². The number of rotatable bonds is 9. The molecule has 0 bridgehead atoms. The largest absolute Gasteiger partial charge is 0.484 e. The van der Waals surface area contributed by atoms with E-state index in [0.29, 0.717) is 10.6 Å². The summed E-state index contributed by atoms with van der Waals surface area (Å²) < 4.78 is 52.1. The third-order valence-corrected chi connectivity index (χ3v) is 4.17. The fourth-order valence-corrected chi connectivity index (χ4v) is 2.84. The van der Waals surface area contributed by atoms with Gasteiger partial charge in [-0.1, -0.05) is 29.8 Å². The topological polar surface area (TPSA) is 94.1 Å². The number of carboxylic acid groups (broad SMARTS) is 1. The maximum atomic E-state index is 12.4. The number of ether oxygens (including phenoxy) is 3. The van der Waals surface area contributed by atoms with E-state index in [1.54, 1.807) is 24.3 Å². The maximum absolute atomic E-state index is 12.4. The summed E-state index contributed by atoms with van der Waals surface area (Å²) in [5.41, 5.74) is 0.384. The van der Waals surface area contributed by atoms with Crippen molar-refractivity contribution in [2.45, 2.75) is 12.3 Å². The molecule has 2 aromatic rings. The number of benzene rings is 2. The molecule has 168 valence electrons. The Morgan fingerprint density at radius 1 is 1.19 bits per heavy atom. The number of amides is 1. The van der Waals surface area contributed by atoms with E-state index < -0.39 is 30.9 Å². The Labute approximate surface area is 180 Å². The molecule has 2 aromatic carbocycles. The van der Waals surface area contributed by atoms with Gasteiger partial charge < -0.3 is 24.6 Å². The van der Waals surface area contributed by atoms with Gasteiger partial charge in [0.15, 0.2) is 6.61 Å². The number of aromatic carboxylic acids is 1. The lowest BCUT2D eigenvalue weighted by atomic mass is 9.96. The first-order valence-corrected chi connectivity index (χ1v) is 9.24. The molecule has 0 spiro atoms. The van der Waals surface area contributed by atoms with Crippen molar-refractivity contribution in [1.82, 2.24) is 5.32 Å². The summed E-state index contributed by atoms with van der Waals surface area (Å²) in [7, 11) is 1.20. The average molecular weight is 462 g/mol. The molecule has 7 nitrogen and oxygen atoms in total. The maximum Gasteiger partial charge on any atom is 0.422 e. The molecule has 0 saturated carbocycles. The fourth-order valence-electron chi connectivity index (χ4n) is 2.64. The summed E-state index contributed by atoms with van der Waals surface area (Å²) in [4.78, 5) is 23.0. The van der Waals surface area contributed by atoms with Gasteiger partial charge in [-0.2, -0.15) is 13.2 Å². The van der Waals surface area contributed by atoms with Gasteiger partial charge >= 0.3 is 18.2 Å². The zero-order chi connectivity index (χ0) is 23.0. The average Bonchev–Trinajstić information content (AvgIpc) is 2.71. The van der Waals surface area contributed by atoms with Crippen LogP contribution in [0.4, 0.5) is 18.0 Å². The molecule has 0 fully saturated rings. The molecule has 11 heteroatoms. The van der Waals surface area contributed by atoms with Crippen molar-refractivity contribution in [2.24, 2.45) is 0 Å². The van der Waals surface area contributed by atoms with Crippen LogP contribution in [0.1, 0.15) is 27.6 Å². The summed E-state index contributed by atoms with van der Waals surface area (Å²) >= 11 is 6.04. The number of nitrogens with one attached hydrogen (secondary N) is 1. The van der Waals surface area contributed by atoms with Gasteiger partial charge in [-0.3, -0.25) is 0 Å². The minimum absolute atomic E-state index is 0.0162. The smallest absolute Gasteiger partial charge is 0.422 e. The SMILES string of the molecule is COC(=O)NCCOC(c1cccc(Cl)c1)c1ccc(OCC(F)(F)F)cc1C(=O)O. The Kier molecular flexibility index (Phi) is 8.52. The molecular weight excluding hydrogens is 443 g/mol. The summed E-state index contributed by atoms with van der Waals surface area (Å²) in [5, 5.41) is 12.4. The molecule has 0 aliphatic carbocycles. The van der Waals surface area contributed by atoms with Crippen LogP contribution in [0, 0.1) is 0 Å². The summed E-state index contributed by atoms with van der Waals surface area (Å²) in [6.07, 6.45) is -6.16. The highest BCUT2D eigenvalue weighted by Crippen LogP contribution is 2.32. The molecule has 0 heterocycles. The van der Waals surface area contributed by atoms with Gasteiger partial charge in [-0.25, -0.2) is 9.59 Å². The van der Waals surface area contributed by atoms with E-state index in [1.807, 2.05) is 0 Å². The fraction of sp³-hybridized carbons (Fsp3) is 0.300. The minimum Gasteiger partial charge on any atom is -0.484 e. The van der Waals surface area contributed by atoms with Gasteiger partial charge in [0.1, 0.15) is 11.9 Å². The first kappa shape index (κ1) is 24.3. The van der Waals surface area contributed by atoms with Gasteiger partial charge in [-0.05, 0) is 35.4 Å². The van der Waals surface area contributed by atoms with Crippen molar-refractivity contribution in [1.29, 1.82) is 0 Å². The Morgan fingerprint density at radius 2 is 1.94 bits per heavy atom. The number of alkyl carbamates (subject to hydrolysis) is 1. The van der Waals surface area contributed by atoms with Crippen LogP contribution in [-0.4, -0.2) is 50.2 Å². The van der Waals surface area contributed by atoms with E-state index in [-0.39, 0.29) is 30.0 Å². The number of halogens is 4. The Morgan fingerprint density at radius 3 is 2.55 bits per heavy atom. The minimum atomic E-state index is -4.57. The van der Waals surface area contributed by atoms with Gasteiger partial charge in [0.2, 0.25) is 0 Å². The quantitative estimate of drug-likeness (QED) is 0.536. The van der Waals surface area contributed by atoms with Crippen molar-refractivity contribution in [3.05, 3.63) is 64.2 Å². The van der Waals surface area contributed by atoms with Crippen LogP contribution in [0.15, 0.2) is 42.5 Å². The molecule has 2 rings (SSSR count). The monoisotopic (exact) mass is 461 g/mol. The van der Waals surface area contributed by atoms with Crippen LogP contribution < -0.4 is 10.1 Å². The third kappa shape index (κ3) is 7.65. The highest BCUT2D eigenvalue weighted by molar-refractivity contribution is 6.30. The van der Waals surface area contributed by atoms with Gasteiger partial charge in [-0.15, -0.1) is 0 Å². The molecule has 0 aliphatic rings. The molecule has 0 radical (unpaired) electrons. The van der Waals surface area contributed by atoms with Crippen molar-refractivity contribution in [3.63, 3.8) is 0 Å². The molecule has 0 aromatic heterocycles. The number of carbonyl (C=O) groups is 2. The van der Waals surface area contributed by atoms with Gasteiger partial charge in [0.05, 0.1) is 19.3 Å². The third-order valence-electron chi connectivity index (χ3n) is 3.93. The normalized spacial score (nSPS) is 12.2. The summed E-state index contributed by atoms with van der Waals surface area (Å²) in [6.45, 7) is -1.50. The zero-order valence-electron chi connectivity index (χ0n) is 16.2. The molecule has 1 atom stereocenters. The number of carbonyl (C=O) groups excluding carboxylic acids is 1. The number of carboxylic acids is 1. The van der Waals surface area contributed by atoms with Crippen LogP contribution in [0.25, 0.3) is 0 Å². The number of hydrogen-bond acceptors (Lipinski definition) is 5. The molecule has 2 N–H and O–H groups in total. The van der Waals surface area contributed by atoms with E-state index in [2.05, 4.69) is 14.8 Å². The number of methoxy groups -OCH3 is 1. The van der Waals surface area contributed by atoms with Gasteiger partial charge in [0.25, 0.3) is 0 Å². The Balaban J connectivity index is 2.34. The van der Waals surface area contributed by atoms with Crippen LogP contribution >= 0.6 is 11.6 Å². The Bertz CT molecular complexity index is 922. The van der Waals surface area contributed by atoms with Crippen molar-refractivity contribution in [2.75, 3.05) is 26.9 Å². The summed E-state index contributed by atoms with van der Waals surface area (Å²) in [6, 6.07) is 10.0. The first-order valence-electron chi connectivity index (χ1n) is 8.86. The molecule has 1 amide bonds.